The normalized spacial score (nSPS) is 11.9. The molecule has 2 rings (SSSR count). The van der Waals surface area contributed by atoms with Crippen molar-refractivity contribution < 1.29 is 18.7 Å². The number of rotatable bonds is 8. The zero-order chi connectivity index (χ0) is 19.1. The van der Waals surface area contributed by atoms with Crippen LogP contribution in [0.3, 0.4) is 0 Å². The minimum atomic E-state index is -0.309. The maximum Gasteiger partial charge on any atom is 0.258 e. The third-order valence-corrected chi connectivity index (χ3v) is 4.08. The van der Waals surface area contributed by atoms with Gasteiger partial charge in [0.25, 0.3) is 5.91 Å². The summed E-state index contributed by atoms with van der Waals surface area (Å²) in [6, 6.07) is 12.6. The first-order valence-electron chi connectivity index (χ1n) is 8.71. The van der Waals surface area contributed by atoms with Crippen LogP contribution in [0.15, 0.2) is 48.5 Å². The molecule has 0 aliphatic rings. The van der Waals surface area contributed by atoms with Crippen molar-refractivity contribution in [3.63, 3.8) is 0 Å². The van der Waals surface area contributed by atoms with Crippen molar-refractivity contribution in [2.24, 2.45) is 5.92 Å². The Morgan fingerprint density at radius 1 is 1.04 bits per heavy atom. The highest BCUT2D eigenvalue weighted by molar-refractivity contribution is 5.95. The lowest BCUT2D eigenvalue weighted by molar-refractivity contribution is -0.124. The number of Topliss-reactive ketones (excluding diaryl/α,β-unsaturated/α-hetero) is 1. The second-order valence-electron chi connectivity index (χ2n) is 6.43. The first kappa shape index (κ1) is 19.6. The number of hydrogen-bond donors (Lipinski definition) is 1. The largest absolute Gasteiger partial charge is 0.484 e. The molecular formula is C21H24FNO3. The van der Waals surface area contributed by atoms with E-state index in [1.165, 1.54) is 12.1 Å². The maximum atomic E-state index is 13.1. The summed E-state index contributed by atoms with van der Waals surface area (Å²) < 4.78 is 18.6. The second-order valence-corrected chi connectivity index (χ2v) is 6.43. The van der Waals surface area contributed by atoms with Gasteiger partial charge in [-0.05, 0) is 47.9 Å². The molecule has 0 bridgehead atoms. The van der Waals surface area contributed by atoms with Crippen molar-refractivity contribution in [3.8, 4) is 5.75 Å². The molecule has 0 saturated carbocycles. The van der Waals surface area contributed by atoms with Gasteiger partial charge in [-0.15, -0.1) is 0 Å². The van der Waals surface area contributed by atoms with Crippen LogP contribution in [0.25, 0.3) is 0 Å². The Labute approximate surface area is 153 Å². The molecule has 26 heavy (non-hydrogen) atoms. The monoisotopic (exact) mass is 357 g/mol. The molecule has 0 heterocycles. The summed E-state index contributed by atoms with van der Waals surface area (Å²) in [7, 11) is 0. The van der Waals surface area contributed by atoms with Gasteiger partial charge >= 0.3 is 0 Å². The number of ketones is 1. The number of ether oxygens (including phenoxy) is 1. The van der Waals surface area contributed by atoms with Crippen molar-refractivity contribution in [3.05, 3.63) is 65.5 Å². The van der Waals surface area contributed by atoms with Crippen LogP contribution < -0.4 is 10.1 Å². The summed E-state index contributed by atoms with van der Waals surface area (Å²) >= 11 is 0. The first-order chi connectivity index (χ1) is 12.4. The molecule has 0 saturated heterocycles. The zero-order valence-electron chi connectivity index (χ0n) is 15.3. The van der Waals surface area contributed by atoms with Gasteiger partial charge < -0.3 is 10.1 Å². The van der Waals surface area contributed by atoms with Crippen molar-refractivity contribution in [1.29, 1.82) is 0 Å². The molecule has 138 valence electrons. The van der Waals surface area contributed by atoms with E-state index in [9.17, 15) is 14.0 Å². The van der Waals surface area contributed by atoms with Gasteiger partial charge in [-0.1, -0.05) is 32.9 Å². The Bertz CT molecular complexity index is 739. The minimum Gasteiger partial charge on any atom is -0.484 e. The molecule has 0 aromatic heterocycles. The molecule has 1 N–H and O–H groups in total. The average Bonchev–Trinajstić information content (AvgIpc) is 2.65. The number of amides is 1. The molecule has 0 spiro atoms. The van der Waals surface area contributed by atoms with Crippen LogP contribution >= 0.6 is 0 Å². The Balaban J connectivity index is 1.94. The van der Waals surface area contributed by atoms with Crippen molar-refractivity contribution in [1.82, 2.24) is 5.32 Å². The third-order valence-electron chi connectivity index (χ3n) is 4.08. The van der Waals surface area contributed by atoms with Crippen LogP contribution in [0.1, 0.15) is 49.2 Å². The van der Waals surface area contributed by atoms with E-state index in [1.807, 2.05) is 20.8 Å². The van der Waals surface area contributed by atoms with Gasteiger partial charge in [0.15, 0.2) is 12.4 Å². The van der Waals surface area contributed by atoms with Crippen LogP contribution in [0.5, 0.6) is 5.75 Å². The highest BCUT2D eigenvalue weighted by Gasteiger charge is 2.18. The smallest absolute Gasteiger partial charge is 0.258 e. The molecule has 1 atom stereocenters. The predicted octanol–water partition coefficient (Wildman–Crippen LogP) is 4.31. The van der Waals surface area contributed by atoms with Gasteiger partial charge in [0.05, 0.1) is 6.04 Å². The van der Waals surface area contributed by atoms with Crippen LogP contribution in [-0.4, -0.2) is 18.3 Å². The summed E-state index contributed by atoms with van der Waals surface area (Å²) in [4.78, 5) is 23.8. The Hall–Kier alpha value is -2.69. The number of carbonyl (C=O) groups is 2. The molecule has 5 heteroatoms. The van der Waals surface area contributed by atoms with E-state index in [1.54, 1.807) is 36.4 Å². The van der Waals surface area contributed by atoms with Gasteiger partial charge in [0.1, 0.15) is 11.6 Å². The first-order valence-corrected chi connectivity index (χ1v) is 8.71. The summed E-state index contributed by atoms with van der Waals surface area (Å²) in [6.45, 7) is 5.64. The minimum absolute atomic E-state index is 0.0633. The topological polar surface area (TPSA) is 55.4 Å². The molecular weight excluding hydrogens is 333 g/mol. The second kappa shape index (κ2) is 9.13. The molecule has 2 aromatic rings. The van der Waals surface area contributed by atoms with Gasteiger partial charge in [-0.3, -0.25) is 9.59 Å². The summed E-state index contributed by atoms with van der Waals surface area (Å²) in [5, 5.41) is 2.92. The Kier molecular flexibility index (Phi) is 6.89. The summed E-state index contributed by atoms with van der Waals surface area (Å²) in [5.41, 5.74) is 1.47. The molecule has 2 aromatic carbocycles. The lowest BCUT2D eigenvalue weighted by Crippen LogP contribution is -2.35. The number of hydrogen-bond acceptors (Lipinski definition) is 3. The molecule has 0 fully saturated rings. The Morgan fingerprint density at radius 3 is 2.19 bits per heavy atom. The SMILES string of the molecule is CCC(=O)c1ccc(OCC(=O)N[C@@H](c2ccc(F)cc2)C(C)C)cc1. The number of benzene rings is 2. The molecule has 0 aliphatic carbocycles. The van der Waals surface area contributed by atoms with Crippen LogP contribution in [0.2, 0.25) is 0 Å². The van der Waals surface area contributed by atoms with E-state index in [2.05, 4.69) is 5.32 Å². The van der Waals surface area contributed by atoms with Crippen molar-refractivity contribution in [2.75, 3.05) is 6.61 Å². The number of nitrogens with one attached hydrogen (secondary N) is 1. The molecule has 0 radical (unpaired) electrons. The van der Waals surface area contributed by atoms with Crippen molar-refractivity contribution in [2.45, 2.75) is 33.2 Å². The van der Waals surface area contributed by atoms with Crippen LogP contribution in [-0.2, 0) is 4.79 Å². The zero-order valence-corrected chi connectivity index (χ0v) is 15.3. The predicted molar refractivity (Wildman–Crippen MR) is 98.7 cm³/mol. The summed E-state index contributed by atoms with van der Waals surface area (Å²) in [5.74, 6) is 0.158. The molecule has 4 nitrogen and oxygen atoms in total. The number of halogens is 1. The Morgan fingerprint density at radius 2 is 1.65 bits per heavy atom. The van der Waals surface area contributed by atoms with Crippen LogP contribution in [0.4, 0.5) is 4.39 Å². The fourth-order valence-electron chi connectivity index (χ4n) is 2.61. The van der Waals surface area contributed by atoms with E-state index in [4.69, 9.17) is 4.74 Å². The van der Waals surface area contributed by atoms with E-state index < -0.39 is 0 Å². The molecule has 0 aliphatic heterocycles. The lowest BCUT2D eigenvalue weighted by atomic mass is 9.96. The lowest BCUT2D eigenvalue weighted by Gasteiger charge is -2.23. The van der Waals surface area contributed by atoms with E-state index >= 15 is 0 Å². The fourth-order valence-corrected chi connectivity index (χ4v) is 2.61. The average molecular weight is 357 g/mol. The van der Waals surface area contributed by atoms with Crippen molar-refractivity contribution >= 4 is 11.7 Å². The summed E-state index contributed by atoms with van der Waals surface area (Å²) in [6.07, 6.45) is 0.447. The van der Waals surface area contributed by atoms with Gasteiger partial charge in [-0.2, -0.15) is 0 Å². The van der Waals surface area contributed by atoms with Gasteiger partial charge in [-0.25, -0.2) is 4.39 Å². The quantitative estimate of drug-likeness (QED) is 0.716. The maximum absolute atomic E-state index is 13.1. The molecule has 1 amide bonds. The van der Waals surface area contributed by atoms with E-state index in [-0.39, 0.29) is 36.1 Å². The third kappa shape index (κ3) is 5.41. The van der Waals surface area contributed by atoms with E-state index in [0.717, 1.165) is 5.56 Å². The standard InChI is InChI=1S/C21H24FNO3/c1-4-19(24)15-7-11-18(12-8-15)26-13-20(25)23-21(14(2)3)16-5-9-17(22)10-6-16/h5-12,14,21H,4,13H2,1-3H3,(H,23,25)/t21-/m1/s1. The number of carbonyl (C=O) groups excluding carboxylic acids is 2. The van der Waals surface area contributed by atoms with Gasteiger partial charge in [0.2, 0.25) is 0 Å². The highest BCUT2D eigenvalue weighted by atomic mass is 19.1. The fraction of sp³-hybridized carbons (Fsp3) is 0.333. The highest BCUT2D eigenvalue weighted by Crippen LogP contribution is 2.22. The van der Waals surface area contributed by atoms with Crippen LogP contribution in [0, 0.1) is 11.7 Å². The van der Waals surface area contributed by atoms with Gasteiger partial charge in [0, 0.05) is 12.0 Å². The molecule has 0 unspecified atom stereocenters. The van der Waals surface area contributed by atoms with E-state index in [0.29, 0.717) is 17.7 Å².